The number of carbonyl (C=O) groups is 2. The molecule has 152 valence electrons. The summed E-state index contributed by atoms with van der Waals surface area (Å²) < 4.78 is 5.66. The van der Waals surface area contributed by atoms with Crippen molar-refractivity contribution >= 4 is 17.5 Å². The molecule has 1 heterocycles. The van der Waals surface area contributed by atoms with Gasteiger partial charge < -0.3 is 9.64 Å². The quantitative estimate of drug-likeness (QED) is 0.692. The van der Waals surface area contributed by atoms with Crippen LogP contribution in [0.2, 0.25) is 0 Å². The number of carbonyl (C=O) groups excluding carboxylic acids is 2. The minimum absolute atomic E-state index is 0.0719. The maximum Gasteiger partial charge on any atom is 0.243 e. The zero-order valence-electron chi connectivity index (χ0n) is 17.0. The van der Waals surface area contributed by atoms with Crippen molar-refractivity contribution in [1.29, 1.82) is 0 Å². The molecule has 0 unspecified atom stereocenters. The number of aryl methyl sites for hydroxylation is 1. The molecule has 0 fully saturated rings. The van der Waals surface area contributed by atoms with E-state index in [0.717, 1.165) is 23.4 Å². The van der Waals surface area contributed by atoms with Gasteiger partial charge in [0.05, 0.1) is 18.8 Å². The first-order valence-electron chi connectivity index (χ1n) is 9.89. The monoisotopic (exact) mass is 393 g/mol. The van der Waals surface area contributed by atoms with E-state index in [-0.39, 0.29) is 24.7 Å². The number of amides is 2. The molecule has 3 rings (SSSR count). The number of rotatable bonds is 8. The Bertz CT molecular complexity index is 863. The average molecular weight is 393 g/mol. The summed E-state index contributed by atoms with van der Waals surface area (Å²) in [5, 5.41) is 5.91. The van der Waals surface area contributed by atoms with Gasteiger partial charge in [0.1, 0.15) is 12.4 Å². The molecule has 0 aromatic heterocycles. The first kappa shape index (κ1) is 20.6. The molecule has 0 saturated heterocycles. The van der Waals surface area contributed by atoms with E-state index in [1.807, 2.05) is 61.5 Å². The van der Waals surface area contributed by atoms with E-state index in [1.54, 1.807) is 11.9 Å². The van der Waals surface area contributed by atoms with Crippen molar-refractivity contribution in [1.82, 2.24) is 9.91 Å². The highest BCUT2D eigenvalue weighted by atomic mass is 16.5. The fraction of sp³-hybridized carbons (Fsp3) is 0.348. The Hall–Kier alpha value is -3.15. The Balaban J connectivity index is 1.39. The third-order valence-corrected chi connectivity index (χ3v) is 4.89. The number of nitrogens with zero attached hydrogens (tertiary/aromatic N) is 3. The third-order valence-electron chi connectivity index (χ3n) is 4.89. The molecular formula is C23H27N3O3. The second kappa shape index (κ2) is 9.87. The highest BCUT2D eigenvalue weighted by Gasteiger charge is 2.22. The summed E-state index contributed by atoms with van der Waals surface area (Å²) in [6, 6.07) is 17.6. The molecule has 1 aliphatic rings. The van der Waals surface area contributed by atoms with Gasteiger partial charge in [-0.25, -0.2) is 5.01 Å². The number of hydrogen-bond donors (Lipinski definition) is 0. The fourth-order valence-electron chi connectivity index (χ4n) is 3.06. The summed E-state index contributed by atoms with van der Waals surface area (Å²) >= 11 is 0. The predicted octanol–water partition coefficient (Wildman–Crippen LogP) is 3.25. The van der Waals surface area contributed by atoms with Gasteiger partial charge in [0.2, 0.25) is 11.8 Å². The van der Waals surface area contributed by atoms with E-state index < -0.39 is 0 Å². The number of ether oxygens (including phenoxy) is 1. The summed E-state index contributed by atoms with van der Waals surface area (Å²) in [5.74, 6) is 0.596. The first-order chi connectivity index (χ1) is 14.0. The summed E-state index contributed by atoms with van der Waals surface area (Å²) in [7, 11) is 1.73. The van der Waals surface area contributed by atoms with Gasteiger partial charge in [-0.1, -0.05) is 48.0 Å². The van der Waals surface area contributed by atoms with E-state index in [9.17, 15) is 9.59 Å². The number of benzene rings is 2. The molecule has 1 aliphatic heterocycles. The molecule has 0 radical (unpaired) electrons. The van der Waals surface area contributed by atoms with Crippen molar-refractivity contribution in [2.45, 2.75) is 26.2 Å². The molecule has 0 spiro atoms. The minimum Gasteiger partial charge on any atom is -0.492 e. The largest absolute Gasteiger partial charge is 0.492 e. The van der Waals surface area contributed by atoms with E-state index in [4.69, 9.17) is 4.74 Å². The topological polar surface area (TPSA) is 62.2 Å². The smallest absolute Gasteiger partial charge is 0.243 e. The molecule has 6 heteroatoms. The molecule has 6 nitrogen and oxygen atoms in total. The summed E-state index contributed by atoms with van der Waals surface area (Å²) in [4.78, 5) is 26.3. The third kappa shape index (κ3) is 5.91. The highest BCUT2D eigenvalue weighted by Crippen LogP contribution is 2.15. The van der Waals surface area contributed by atoms with Crippen molar-refractivity contribution in [3.8, 4) is 5.75 Å². The zero-order valence-corrected chi connectivity index (χ0v) is 17.0. The van der Waals surface area contributed by atoms with Crippen LogP contribution in [0.25, 0.3) is 0 Å². The lowest BCUT2D eigenvalue weighted by molar-refractivity contribution is -0.136. The maximum atomic E-state index is 12.4. The van der Waals surface area contributed by atoms with Gasteiger partial charge >= 0.3 is 0 Å². The van der Waals surface area contributed by atoms with Gasteiger partial charge in [-0.3, -0.25) is 9.59 Å². The number of likely N-dealkylation sites (N-methyl/N-ethyl adjacent to an activating group) is 1. The van der Waals surface area contributed by atoms with E-state index in [0.29, 0.717) is 19.7 Å². The van der Waals surface area contributed by atoms with Gasteiger partial charge in [-0.2, -0.15) is 5.10 Å². The van der Waals surface area contributed by atoms with Crippen LogP contribution in [0, 0.1) is 6.92 Å². The van der Waals surface area contributed by atoms with Gasteiger partial charge in [0.15, 0.2) is 0 Å². The van der Waals surface area contributed by atoms with Crippen LogP contribution in [0.3, 0.4) is 0 Å². The molecule has 2 aromatic carbocycles. The predicted molar refractivity (Wildman–Crippen MR) is 113 cm³/mol. The van der Waals surface area contributed by atoms with Crippen LogP contribution >= 0.6 is 0 Å². The summed E-state index contributed by atoms with van der Waals surface area (Å²) in [6.45, 7) is 3.47. The molecule has 29 heavy (non-hydrogen) atoms. The van der Waals surface area contributed by atoms with Gasteiger partial charge in [-0.15, -0.1) is 0 Å². The molecule has 0 aliphatic carbocycles. The van der Waals surface area contributed by atoms with Crippen LogP contribution in [0.15, 0.2) is 59.7 Å². The zero-order chi connectivity index (χ0) is 20.6. The lowest BCUT2D eigenvalue weighted by atomic mass is 10.1. The fourth-order valence-corrected chi connectivity index (χ4v) is 3.06. The second-order valence-electron chi connectivity index (χ2n) is 7.16. The van der Waals surface area contributed by atoms with Crippen molar-refractivity contribution in [2.24, 2.45) is 5.10 Å². The first-order valence-corrected chi connectivity index (χ1v) is 9.89. The number of hydrazone groups is 1. The normalized spacial score (nSPS) is 13.2. The standard InChI is InChI=1S/C23H27N3O3/c1-18-8-10-20(11-9-18)29-17-16-25(2)22(27)12-13-23(28)26-15-14-21(24-26)19-6-4-3-5-7-19/h3-11H,12-17H2,1-2H3. The minimum atomic E-state index is -0.117. The second-order valence-corrected chi connectivity index (χ2v) is 7.16. The number of hydrogen-bond acceptors (Lipinski definition) is 4. The Morgan fingerprint density at radius 3 is 2.52 bits per heavy atom. The SMILES string of the molecule is Cc1ccc(OCCN(C)C(=O)CCC(=O)N2CCC(c3ccccc3)=N2)cc1. The molecule has 2 amide bonds. The van der Waals surface area contributed by atoms with E-state index in [1.165, 1.54) is 10.6 Å². The average Bonchev–Trinajstić information content (AvgIpc) is 3.24. The lowest BCUT2D eigenvalue weighted by Gasteiger charge is -2.18. The van der Waals surface area contributed by atoms with Crippen LogP contribution in [-0.4, -0.2) is 54.2 Å². The van der Waals surface area contributed by atoms with Crippen LogP contribution in [0.1, 0.15) is 30.4 Å². The maximum absolute atomic E-state index is 12.4. The molecule has 0 saturated carbocycles. The van der Waals surface area contributed by atoms with E-state index in [2.05, 4.69) is 5.10 Å². The van der Waals surface area contributed by atoms with Crippen LogP contribution in [0.5, 0.6) is 5.75 Å². The Labute approximate surface area is 171 Å². The van der Waals surface area contributed by atoms with Crippen LogP contribution in [-0.2, 0) is 9.59 Å². The van der Waals surface area contributed by atoms with Crippen molar-refractivity contribution in [3.05, 3.63) is 65.7 Å². The van der Waals surface area contributed by atoms with Gasteiger partial charge in [0, 0.05) is 26.3 Å². The van der Waals surface area contributed by atoms with Crippen molar-refractivity contribution in [3.63, 3.8) is 0 Å². The Morgan fingerprint density at radius 2 is 1.79 bits per heavy atom. The van der Waals surface area contributed by atoms with E-state index >= 15 is 0 Å². The summed E-state index contributed by atoms with van der Waals surface area (Å²) in [5.41, 5.74) is 3.12. The molecular weight excluding hydrogens is 366 g/mol. The molecule has 0 bridgehead atoms. The Kier molecular flexibility index (Phi) is 7.00. The van der Waals surface area contributed by atoms with Gasteiger partial charge in [-0.05, 0) is 24.6 Å². The van der Waals surface area contributed by atoms with Crippen LogP contribution < -0.4 is 4.74 Å². The van der Waals surface area contributed by atoms with Crippen molar-refractivity contribution < 1.29 is 14.3 Å². The van der Waals surface area contributed by atoms with Gasteiger partial charge in [0.25, 0.3) is 0 Å². The Morgan fingerprint density at radius 1 is 1.07 bits per heavy atom. The summed E-state index contributed by atoms with van der Waals surface area (Å²) in [6.07, 6.45) is 1.07. The highest BCUT2D eigenvalue weighted by molar-refractivity contribution is 6.02. The molecule has 0 N–H and O–H groups in total. The lowest BCUT2D eigenvalue weighted by Crippen LogP contribution is -2.32. The molecule has 2 aromatic rings. The van der Waals surface area contributed by atoms with Crippen LogP contribution in [0.4, 0.5) is 0 Å². The van der Waals surface area contributed by atoms with Crippen molar-refractivity contribution in [2.75, 3.05) is 26.7 Å². The molecule has 0 atom stereocenters.